The van der Waals surface area contributed by atoms with Crippen LogP contribution in [0.2, 0.25) is 0 Å². The summed E-state index contributed by atoms with van der Waals surface area (Å²) in [6.45, 7) is -0.514. The van der Waals surface area contributed by atoms with Crippen molar-refractivity contribution in [1.82, 2.24) is 5.32 Å². The predicted molar refractivity (Wildman–Crippen MR) is 16.8 cm³/mol. The molecule has 0 bridgehead atoms. The second-order valence-corrected chi connectivity index (χ2v) is 1.40. The van der Waals surface area contributed by atoms with E-state index in [1.165, 1.54) is 0 Å². The van der Waals surface area contributed by atoms with Gasteiger partial charge in [0.05, 0.1) is 13.1 Å². The Morgan fingerprint density at radius 1 is 1.33 bits per heavy atom. The van der Waals surface area contributed by atoms with Gasteiger partial charge < -0.3 is 0 Å². The fourth-order valence-electron chi connectivity index (χ4n) is 0.281. The van der Waals surface area contributed by atoms with Crippen LogP contribution in [0.5, 0.6) is 0 Å². The Bertz CT molecular complexity index is 55.8. The second-order valence-electron chi connectivity index (χ2n) is 1.40. The number of rotatable bonds is 0. The van der Waals surface area contributed by atoms with Crippen molar-refractivity contribution in [3.63, 3.8) is 0 Å². The van der Waals surface area contributed by atoms with Gasteiger partial charge in [-0.25, -0.2) is 14.1 Å². The van der Waals surface area contributed by atoms with Crippen LogP contribution in [-0.4, -0.2) is 19.0 Å². The molecule has 0 N–H and O–H groups in total. The van der Waals surface area contributed by atoms with E-state index >= 15 is 0 Å². The molecule has 0 aromatic rings. The van der Waals surface area contributed by atoms with E-state index in [4.69, 9.17) is 0 Å². The lowest BCUT2D eigenvalue weighted by Gasteiger charge is -2.23. The van der Waals surface area contributed by atoms with Crippen LogP contribution in [0.25, 0.3) is 0 Å². The van der Waals surface area contributed by atoms with Crippen molar-refractivity contribution in [3.05, 3.63) is 0 Å². The maximum atomic E-state index is 11.4. The van der Waals surface area contributed by atoms with E-state index in [1.807, 2.05) is 0 Å². The van der Waals surface area contributed by atoms with E-state index in [9.17, 15) is 8.78 Å². The summed E-state index contributed by atoms with van der Waals surface area (Å²) in [4.78, 5) is 0. The summed E-state index contributed by atoms with van der Waals surface area (Å²) in [6, 6.07) is 0. The zero-order valence-electron chi connectivity index (χ0n) is 3.12. The van der Waals surface area contributed by atoms with Crippen LogP contribution in [0, 0.1) is 0 Å². The average Bonchev–Trinajstić information content (AvgIpc) is 1.32. The lowest BCUT2D eigenvalue weighted by molar-refractivity contribution is -0.0503. The molecule has 0 atom stereocenters. The van der Waals surface area contributed by atoms with E-state index in [0.717, 1.165) is 0 Å². The van der Waals surface area contributed by atoms with Crippen LogP contribution in [0.1, 0.15) is 0 Å². The molecule has 0 saturated carbocycles. The first kappa shape index (κ1) is 3.99. The standard InChI is InChI=1S/C3H4F2N/c4-3(5)1-6-2-3/h1-2H2. The van der Waals surface area contributed by atoms with Gasteiger partial charge in [-0.05, 0) is 0 Å². The first-order chi connectivity index (χ1) is 2.71. The third-order valence-corrected chi connectivity index (χ3v) is 0.686. The van der Waals surface area contributed by atoms with Crippen LogP contribution in [0.15, 0.2) is 0 Å². The third kappa shape index (κ3) is 0.497. The molecule has 1 aliphatic rings. The van der Waals surface area contributed by atoms with Gasteiger partial charge in [0.15, 0.2) is 0 Å². The molecule has 0 aromatic heterocycles. The minimum Gasteiger partial charge on any atom is -0.229 e. The Hall–Kier alpha value is -0.180. The van der Waals surface area contributed by atoms with Gasteiger partial charge in [0.25, 0.3) is 5.92 Å². The molecule has 6 heavy (non-hydrogen) atoms. The maximum absolute atomic E-state index is 11.4. The topological polar surface area (TPSA) is 14.1 Å². The summed E-state index contributed by atoms with van der Waals surface area (Å²) in [6.07, 6.45) is 0. The Morgan fingerprint density at radius 3 is 1.67 bits per heavy atom. The van der Waals surface area contributed by atoms with Crippen molar-refractivity contribution in [1.29, 1.82) is 0 Å². The number of nitrogens with zero attached hydrogens (tertiary/aromatic N) is 1. The Morgan fingerprint density at radius 2 is 1.67 bits per heavy atom. The van der Waals surface area contributed by atoms with Gasteiger partial charge in [-0.1, -0.05) is 0 Å². The fraction of sp³-hybridized carbons (Fsp3) is 1.00. The summed E-state index contributed by atoms with van der Waals surface area (Å²) in [7, 11) is 0. The molecule has 0 amide bonds. The summed E-state index contributed by atoms with van der Waals surface area (Å²) >= 11 is 0. The van der Waals surface area contributed by atoms with E-state index in [2.05, 4.69) is 5.32 Å². The number of alkyl halides is 2. The highest BCUT2D eigenvalue weighted by Gasteiger charge is 2.37. The van der Waals surface area contributed by atoms with Gasteiger partial charge in [-0.3, -0.25) is 0 Å². The molecule has 1 fully saturated rings. The highest BCUT2D eigenvalue weighted by Crippen LogP contribution is 2.17. The van der Waals surface area contributed by atoms with Crippen molar-refractivity contribution in [3.8, 4) is 0 Å². The summed E-state index contributed by atoms with van der Waals surface area (Å²) in [5.74, 6) is -2.44. The van der Waals surface area contributed by atoms with Crippen LogP contribution in [-0.2, 0) is 0 Å². The number of hydrogen-bond donors (Lipinski definition) is 0. The van der Waals surface area contributed by atoms with Gasteiger partial charge >= 0.3 is 0 Å². The minimum atomic E-state index is -2.44. The lowest BCUT2D eigenvalue weighted by atomic mass is 10.2. The first-order valence-corrected chi connectivity index (χ1v) is 1.72. The van der Waals surface area contributed by atoms with Crippen molar-refractivity contribution in [2.24, 2.45) is 0 Å². The van der Waals surface area contributed by atoms with Crippen molar-refractivity contribution < 1.29 is 8.78 Å². The van der Waals surface area contributed by atoms with Gasteiger partial charge in [-0.15, -0.1) is 0 Å². The predicted octanol–water partition coefficient (Wildman–Crippen LogP) is 0.240. The molecule has 1 aliphatic heterocycles. The van der Waals surface area contributed by atoms with Crippen LogP contribution in [0.3, 0.4) is 0 Å². The zero-order chi connectivity index (χ0) is 4.62. The summed E-state index contributed by atoms with van der Waals surface area (Å²) in [5.41, 5.74) is 0. The fourth-order valence-corrected chi connectivity index (χ4v) is 0.281. The van der Waals surface area contributed by atoms with E-state index in [1.54, 1.807) is 0 Å². The monoisotopic (exact) mass is 92.0 g/mol. The normalized spacial score (nSPS) is 29.0. The van der Waals surface area contributed by atoms with Crippen LogP contribution in [0.4, 0.5) is 8.78 Å². The molecule has 0 aliphatic carbocycles. The van der Waals surface area contributed by atoms with E-state index in [-0.39, 0.29) is 13.1 Å². The van der Waals surface area contributed by atoms with Gasteiger partial charge in [0.1, 0.15) is 0 Å². The molecule has 1 saturated heterocycles. The number of halogens is 2. The largest absolute Gasteiger partial charge is 0.275 e. The molecule has 3 heteroatoms. The molecule has 0 spiro atoms. The minimum absolute atomic E-state index is 0.257. The SMILES string of the molecule is FC1(F)C[N]C1. The third-order valence-electron chi connectivity index (χ3n) is 0.686. The average molecular weight is 92.1 g/mol. The van der Waals surface area contributed by atoms with Crippen LogP contribution < -0.4 is 5.32 Å². The highest BCUT2D eigenvalue weighted by molar-refractivity contribution is 4.81. The second kappa shape index (κ2) is 0.904. The maximum Gasteiger partial charge on any atom is 0.275 e. The van der Waals surface area contributed by atoms with Crippen molar-refractivity contribution >= 4 is 0 Å². The van der Waals surface area contributed by atoms with Crippen LogP contribution >= 0.6 is 0 Å². The van der Waals surface area contributed by atoms with Crippen molar-refractivity contribution in [2.45, 2.75) is 5.92 Å². The smallest absolute Gasteiger partial charge is 0.229 e. The number of hydrogen-bond acceptors (Lipinski definition) is 0. The molecule has 0 unspecified atom stereocenters. The molecule has 0 aromatic carbocycles. The molecule has 35 valence electrons. The Kier molecular flexibility index (Phi) is 0.602. The first-order valence-electron chi connectivity index (χ1n) is 1.72. The lowest BCUT2D eigenvalue weighted by Crippen LogP contribution is -2.47. The molecular formula is C3H4F2N. The molecule has 1 radical (unpaired) electrons. The van der Waals surface area contributed by atoms with E-state index < -0.39 is 5.92 Å². The van der Waals surface area contributed by atoms with Crippen molar-refractivity contribution in [2.75, 3.05) is 13.1 Å². The highest BCUT2D eigenvalue weighted by atomic mass is 19.3. The summed E-state index contributed by atoms with van der Waals surface area (Å²) in [5, 5.41) is 3.32. The molecule has 1 nitrogen and oxygen atoms in total. The zero-order valence-corrected chi connectivity index (χ0v) is 3.12. The molecule has 1 heterocycles. The van der Waals surface area contributed by atoms with E-state index in [0.29, 0.717) is 0 Å². The Balaban J connectivity index is 2.31. The van der Waals surface area contributed by atoms with Gasteiger partial charge in [0, 0.05) is 0 Å². The molecular weight excluding hydrogens is 88.0 g/mol. The van der Waals surface area contributed by atoms with Gasteiger partial charge in [-0.2, -0.15) is 0 Å². The van der Waals surface area contributed by atoms with Gasteiger partial charge in [0.2, 0.25) is 0 Å². The molecule has 1 rings (SSSR count). The summed E-state index contributed by atoms with van der Waals surface area (Å²) < 4.78 is 22.9. The Labute approximate surface area is 34.3 Å². The quantitative estimate of drug-likeness (QED) is 0.406.